The fourth-order valence-electron chi connectivity index (χ4n) is 1.90. The Morgan fingerprint density at radius 1 is 1.47 bits per heavy atom. The molecule has 5 nitrogen and oxygen atoms in total. The van der Waals surface area contributed by atoms with Gasteiger partial charge in [-0.1, -0.05) is 0 Å². The normalized spacial score (nSPS) is 16.5. The van der Waals surface area contributed by atoms with Crippen molar-refractivity contribution in [2.24, 2.45) is 5.73 Å². The average molecular weight is 300 g/mol. The number of carbonyl (C=O) groups is 1. The fraction of sp³-hybridized carbons (Fsp3) is 0.667. The zero-order valence-corrected chi connectivity index (χ0v) is 12.6. The second-order valence-electron chi connectivity index (χ2n) is 4.38. The van der Waals surface area contributed by atoms with Crippen LogP contribution in [0.4, 0.5) is 0 Å². The number of thioether (sulfide) groups is 1. The zero-order valence-electron chi connectivity index (χ0n) is 10.9. The van der Waals surface area contributed by atoms with Crippen LogP contribution in [0.25, 0.3) is 0 Å². The van der Waals surface area contributed by atoms with Crippen molar-refractivity contribution < 1.29 is 4.79 Å². The van der Waals surface area contributed by atoms with Gasteiger partial charge in [-0.15, -0.1) is 11.3 Å². The molecule has 0 saturated carbocycles. The van der Waals surface area contributed by atoms with Gasteiger partial charge in [0.05, 0.1) is 5.01 Å². The Bertz CT molecular complexity index is 404. The van der Waals surface area contributed by atoms with E-state index in [0.717, 1.165) is 31.1 Å². The van der Waals surface area contributed by atoms with E-state index in [1.165, 1.54) is 22.8 Å². The molecule has 0 radical (unpaired) electrons. The van der Waals surface area contributed by atoms with Gasteiger partial charge in [0.1, 0.15) is 5.69 Å². The smallest absolute Gasteiger partial charge is 0.270 e. The molecule has 19 heavy (non-hydrogen) atoms. The number of carbonyl (C=O) groups excluding carboxylic acids is 1. The van der Waals surface area contributed by atoms with E-state index in [1.54, 1.807) is 5.38 Å². The monoisotopic (exact) mass is 300 g/mol. The van der Waals surface area contributed by atoms with Gasteiger partial charge in [-0.25, -0.2) is 4.98 Å². The van der Waals surface area contributed by atoms with E-state index in [1.807, 2.05) is 11.8 Å². The van der Waals surface area contributed by atoms with Crippen LogP contribution in [-0.4, -0.2) is 60.0 Å². The van der Waals surface area contributed by atoms with Crippen LogP contribution in [0, 0.1) is 0 Å². The molecule has 1 aromatic rings. The summed E-state index contributed by atoms with van der Waals surface area (Å²) < 4.78 is 0. The van der Waals surface area contributed by atoms with Gasteiger partial charge in [0.15, 0.2) is 0 Å². The highest BCUT2D eigenvalue weighted by Gasteiger charge is 2.12. The van der Waals surface area contributed by atoms with Crippen LogP contribution in [0.5, 0.6) is 0 Å². The fourth-order valence-corrected chi connectivity index (χ4v) is 3.67. The molecule has 1 amide bonds. The van der Waals surface area contributed by atoms with Gasteiger partial charge in [0.2, 0.25) is 0 Å². The van der Waals surface area contributed by atoms with Crippen molar-refractivity contribution in [3.05, 3.63) is 16.1 Å². The number of thiazole rings is 1. The molecular formula is C12H20N4OS2. The minimum absolute atomic E-state index is 0.0779. The second-order valence-corrected chi connectivity index (χ2v) is 6.54. The molecule has 106 valence electrons. The van der Waals surface area contributed by atoms with E-state index in [2.05, 4.69) is 15.2 Å². The molecule has 1 saturated heterocycles. The van der Waals surface area contributed by atoms with Crippen molar-refractivity contribution in [3.63, 3.8) is 0 Å². The van der Waals surface area contributed by atoms with Crippen LogP contribution < -0.4 is 11.1 Å². The summed E-state index contributed by atoms with van der Waals surface area (Å²) in [4.78, 5) is 18.5. The van der Waals surface area contributed by atoms with E-state index >= 15 is 0 Å². The van der Waals surface area contributed by atoms with E-state index in [4.69, 9.17) is 5.73 Å². The third kappa shape index (κ3) is 4.76. The molecule has 3 N–H and O–H groups in total. The van der Waals surface area contributed by atoms with E-state index < -0.39 is 0 Å². The molecule has 2 heterocycles. The molecule has 1 aliphatic rings. The maximum Gasteiger partial charge on any atom is 0.270 e. The SMILES string of the molecule is NCCc1nc(C(=O)NCCN2CCSCC2)cs1. The largest absolute Gasteiger partial charge is 0.349 e. The Morgan fingerprint density at radius 3 is 3.00 bits per heavy atom. The molecule has 0 bridgehead atoms. The Balaban J connectivity index is 1.70. The summed E-state index contributed by atoms with van der Waals surface area (Å²) in [6.45, 7) is 4.43. The summed E-state index contributed by atoms with van der Waals surface area (Å²) in [5, 5.41) is 5.66. The lowest BCUT2D eigenvalue weighted by Crippen LogP contribution is -2.39. The van der Waals surface area contributed by atoms with Gasteiger partial charge < -0.3 is 11.1 Å². The molecule has 0 atom stereocenters. The Kier molecular flexibility index (Phi) is 6.09. The highest BCUT2D eigenvalue weighted by molar-refractivity contribution is 7.99. The Morgan fingerprint density at radius 2 is 2.26 bits per heavy atom. The number of nitrogens with two attached hydrogens (primary N) is 1. The number of nitrogens with zero attached hydrogens (tertiary/aromatic N) is 2. The lowest BCUT2D eigenvalue weighted by atomic mass is 10.4. The number of hydrogen-bond acceptors (Lipinski definition) is 6. The lowest BCUT2D eigenvalue weighted by Gasteiger charge is -2.25. The van der Waals surface area contributed by atoms with Crippen molar-refractivity contribution in [1.29, 1.82) is 0 Å². The molecule has 7 heteroatoms. The van der Waals surface area contributed by atoms with E-state index in [9.17, 15) is 4.79 Å². The van der Waals surface area contributed by atoms with Crippen molar-refractivity contribution in [3.8, 4) is 0 Å². The third-order valence-corrected chi connectivity index (χ3v) is 4.81. The molecule has 2 rings (SSSR count). The number of rotatable bonds is 6. The minimum Gasteiger partial charge on any atom is -0.349 e. The van der Waals surface area contributed by atoms with Crippen molar-refractivity contribution in [1.82, 2.24) is 15.2 Å². The Labute approximate surface area is 122 Å². The van der Waals surface area contributed by atoms with E-state index in [0.29, 0.717) is 18.8 Å². The minimum atomic E-state index is -0.0779. The summed E-state index contributed by atoms with van der Waals surface area (Å²) in [7, 11) is 0. The van der Waals surface area contributed by atoms with Crippen LogP contribution in [0.15, 0.2) is 5.38 Å². The second kappa shape index (κ2) is 7.84. The topological polar surface area (TPSA) is 71.2 Å². The first-order valence-electron chi connectivity index (χ1n) is 6.52. The quantitative estimate of drug-likeness (QED) is 0.797. The highest BCUT2D eigenvalue weighted by atomic mass is 32.2. The number of hydrogen-bond donors (Lipinski definition) is 2. The highest BCUT2D eigenvalue weighted by Crippen LogP contribution is 2.10. The standard InChI is InChI=1S/C12H20N4OS2/c13-2-1-11-15-10(9-19-11)12(17)14-3-4-16-5-7-18-8-6-16/h9H,1-8,13H2,(H,14,17). The summed E-state index contributed by atoms with van der Waals surface area (Å²) in [6, 6.07) is 0. The van der Waals surface area contributed by atoms with Gasteiger partial charge in [-0.05, 0) is 6.54 Å². The van der Waals surface area contributed by atoms with Crippen molar-refractivity contribution in [2.45, 2.75) is 6.42 Å². The molecule has 0 spiro atoms. The maximum atomic E-state index is 11.9. The molecule has 0 aromatic carbocycles. The molecule has 1 aliphatic heterocycles. The lowest BCUT2D eigenvalue weighted by molar-refractivity contribution is 0.0944. The molecule has 1 aromatic heterocycles. The van der Waals surface area contributed by atoms with Gasteiger partial charge >= 0.3 is 0 Å². The average Bonchev–Trinajstić information content (AvgIpc) is 2.89. The third-order valence-electron chi connectivity index (χ3n) is 2.96. The molecule has 0 aliphatic carbocycles. The van der Waals surface area contributed by atoms with Gasteiger partial charge in [-0.3, -0.25) is 9.69 Å². The van der Waals surface area contributed by atoms with Crippen LogP contribution in [-0.2, 0) is 6.42 Å². The van der Waals surface area contributed by atoms with Crippen LogP contribution in [0.1, 0.15) is 15.5 Å². The van der Waals surface area contributed by atoms with Crippen LogP contribution in [0.2, 0.25) is 0 Å². The molecule has 0 unspecified atom stereocenters. The predicted molar refractivity (Wildman–Crippen MR) is 81.0 cm³/mol. The van der Waals surface area contributed by atoms with Crippen LogP contribution >= 0.6 is 23.1 Å². The maximum absolute atomic E-state index is 11.9. The van der Waals surface area contributed by atoms with Gasteiger partial charge in [0.25, 0.3) is 5.91 Å². The molecule has 1 fully saturated rings. The predicted octanol–water partition coefficient (Wildman–Crippen LogP) is 0.423. The number of nitrogens with one attached hydrogen (secondary N) is 1. The summed E-state index contributed by atoms with van der Waals surface area (Å²) >= 11 is 3.49. The summed E-state index contributed by atoms with van der Waals surface area (Å²) in [5.41, 5.74) is 5.98. The Hall–Kier alpha value is -0.630. The van der Waals surface area contributed by atoms with Crippen molar-refractivity contribution >= 4 is 29.0 Å². The number of amides is 1. The van der Waals surface area contributed by atoms with Gasteiger partial charge in [-0.2, -0.15) is 11.8 Å². The first-order chi connectivity index (χ1) is 9.29. The summed E-state index contributed by atoms with van der Waals surface area (Å²) in [5.74, 6) is 2.32. The molecular weight excluding hydrogens is 280 g/mol. The first-order valence-corrected chi connectivity index (χ1v) is 8.56. The number of aromatic nitrogens is 1. The summed E-state index contributed by atoms with van der Waals surface area (Å²) in [6.07, 6.45) is 0.739. The van der Waals surface area contributed by atoms with Crippen LogP contribution in [0.3, 0.4) is 0 Å². The van der Waals surface area contributed by atoms with Gasteiger partial charge in [0, 0.05) is 49.5 Å². The zero-order chi connectivity index (χ0) is 13.5. The van der Waals surface area contributed by atoms with E-state index in [-0.39, 0.29) is 5.91 Å². The van der Waals surface area contributed by atoms with Crippen molar-refractivity contribution in [2.75, 3.05) is 44.2 Å². The first kappa shape index (κ1) is 14.8.